The fraction of sp³-hybridized carbons (Fsp3) is 0.375. The summed E-state index contributed by atoms with van der Waals surface area (Å²) < 4.78 is 12.9. The minimum absolute atomic E-state index is 0.0444. The van der Waals surface area contributed by atoms with E-state index in [2.05, 4.69) is 17.2 Å². The lowest BCUT2D eigenvalue weighted by Crippen LogP contribution is -2.28. The molecule has 2 unspecified atom stereocenters. The molecule has 1 aliphatic carbocycles. The predicted octanol–water partition coefficient (Wildman–Crippen LogP) is 2.94. The van der Waals surface area contributed by atoms with Crippen molar-refractivity contribution < 1.29 is 9.18 Å². The minimum Gasteiger partial charge on any atom is -0.353 e. The van der Waals surface area contributed by atoms with E-state index in [4.69, 9.17) is 0 Å². The molecule has 1 aromatic heterocycles. The Bertz CT molecular complexity index is 638. The molecule has 1 amide bonds. The first kappa shape index (κ1) is 14.2. The summed E-state index contributed by atoms with van der Waals surface area (Å²) in [5, 5.41) is 5.88. The van der Waals surface area contributed by atoms with Gasteiger partial charge in [0.05, 0.1) is 17.1 Å². The van der Waals surface area contributed by atoms with Crippen molar-refractivity contribution in [2.24, 2.45) is 5.92 Å². The van der Waals surface area contributed by atoms with E-state index in [1.807, 2.05) is 5.38 Å². The number of carbonyl (C=O) groups is 1. The van der Waals surface area contributed by atoms with Gasteiger partial charge in [0.1, 0.15) is 5.82 Å². The van der Waals surface area contributed by atoms with Gasteiger partial charge in [0.2, 0.25) is 5.91 Å². The number of rotatable bonds is 5. The molecule has 1 aromatic carbocycles. The molecule has 2 atom stereocenters. The molecule has 0 spiro atoms. The van der Waals surface area contributed by atoms with Crippen LogP contribution in [0.1, 0.15) is 29.6 Å². The maximum atomic E-state index is 12.9. The number of hydrogen-bond acceptors (Lipinski definition) is 3. The van der Waals surface area contributed by atoms with Gasteiger partial charge in [-0.15, -0.1) is 11.3 Å². The molecular formula is C16H17FN2OS. The van der Waals surface area contributed by atoms with Crippen molar-refractivity contribution in [3.8, 4) is 0 Å². The molecule has 0 saturated heterocycles. The molecule has 0 bridgehead atoms. The van der Waals surface area contributed by atoms with Gasteiger partial charge < -0.3 is 5.32 Å². The fourth-order valence-electron chi connectivity index (χ4n) is 2.23. The van der Waals surface area contributed by atoms with Crippen LogP contribution in [-0.2, 0) is 17.6 Å². The minimum atomic E-state index is -0.232. The smallest absolute Gasteiger partial charge is 0.226 e. The van der Waals surface area contributed by atoms with Crippen molar-refractivity contribution in [3.63, 3.8) is 0 Å². The molecule has 1 heterocycles. The topological polar surface area (TPSA) is 42.0 Å². The average Bonchev–Trinajstić information content (AvgIpc) is 2.95. The third-order valence-corrected chi connectivity index (χ3v) is 4.56. The first-order valence-electron chi connectivity index (χ1n) is 7.07. The zero-order chi connectivity index (χ0) is 14.8. The van der Waals surface area contributed by atoms with E-state index < -0.39 is 0 Å². The molecule has 3 rings (SSSR count). The highest BCUT2D eigenvalue weighted by molar-refractivity contribution is 7.09. The number of nitrogens with one attached hydrogen (secondary N) is 1. The zero-order valence-corrected chi connectivity index (χ0v) is 12.6. The van der Waals surface area contributed by atoms with Crippen molar-refractivity contribution in [1.29, 1.82) is 0 Å². The number of amides is 1. The van der Waals surface area contributed by atoms with Crippen LogP contribution in [0.2, 0.25) is 0 Å². The highest BCUT2D eigenvalue weighted by atomic mass is 32.1. The molecule has 1 fully saturated rings. The van der Waals surface area contributed by atoms with Crippen LogP contribution >= 0.6 is 11.3 Å². The van der Waals surface area contributed by atoms with E-state index in [-0.39, 0.29) is 11.7 Å². The van der Waals surface area contributed by atoms with E-state index in [0.717, 1.165) is 22.7 Å². The van der Waals surface area contributed by atoms with Gasteiger partial charge in [0.15, 0.2) is 0 Å². The van der Waals surface area contributed by atoms with Crippen molar-refractivity contribution in [3.05, 3.63) is 51.7 Å². The van der Waals surface area contributed by atoms with Gasteiger partial charge in [0.25, 0.3) is 0 Å². The lowest BCUT2D eigenvalue weighted by molar-refractivity contribution is -0.120. The maximum Gasteiger partial charge on any atom is 0.226 e. The van der Waals surface area contributed by atoms with Gasteiger partial charge in [-0.05, 0) is 30.0 Å². The van der Waals surface area contributed by atoms with Crippen molar-refractivity contribution in [1.82, 2.24) is 10.3 Å². The summed E-state index contributed by atoms with van der Waals surface area (Å²) in [7, 11) is 0. The van der Waals surface area contributed by atoms with Gasteiger partial charge in [-0.25, -0.2) is 9.37 Å². The van der Waals surface area contributed by atoms with E-state index >= 15 is 0 Å². The van der Waals surface area contributed by atoms with E-state index in [9.17, 15) is 9.18 Å². The quantitative estimate of drug-likeness (QED) is 0.923. The largest absolute Gasteiger partial charge is 0.353 e. The fourth-order valence-corrected chi connectivity index (χ4v) is 3.06. The summed E-state index contributed by atoms with van der Waals surface area (Å²) >= 11 is 1.54. The molecule has 1 aliphatic rings. The molecule has 1 saturated carbocycles. The summed E-state index contributed by atoms with van der Waals surface area (Å²) in [5.41, 5.74) is 1.83. The molecule has 0 aliphatic heterocycles. The Morgan fingerprint density at radius 1 is 1.43 bits per heavy atom. The van der Waals surface area contributed by atoms with Gasteiger partial charge >= 0.3 is 0 Å². The van der Waals surface area contributed by atoms with Crippen LogP contribution in [0.15, 0.2) is 29.6 Å². The number of benzene rings is 1. The van der Waals surface area contributed by atoms with Crippen LogP contribution < -0.4 is 5.32 Å². The summed E-state index contributed by atoms with van der Waals surface area (Å²) in [4.78, 5) is 16.3. The Labute approximate surface area is 127 Å². The van der Waals surface area contributed by atoms with Gasteiger partial charge in [0, 0.05) is 17.8 Å². The number of carbonyl (C=O) groups excluding carboxylic acids is 1. The Morgan fingerprint density at radius 2 is 2.14 bits per heavy atom. The normalized spacial score (nSPS) is 20.3. The second-order valence-electron chi connectivity index (χ2n) is 5.60. The van der Waals surface area contributed by atoms with Crippen LogP contribution in [0.5, 0.6) is 0 Å². The Kier molecular flexibility index (Phi) is 4.01. The van der Waals surface area contributed by atoms with Gasteiger partial charge in [-0.1, -0.05) is 19.1 Å². The molecule has 3 nitrogen and oxygen atoms in total. The first-order valence-corrected chi connectivity index (χ1v) is 7.95. The van der Waals surface area contributed by atoms with Crippen LogP contribution in [0.4, 0.5) is 4.39 Å². The van der Waals surface area contributed by atoms with Crippen LogP contribution in [-0.4, -0.2) is 16.9 Å². The third-order valence-electron chi connectivity index (χ3n) is 3.67. The molecule has 1 N–H and O–H groups in total. The lowest BCUT2D eigenvalue weighted by atomic mass is 10.1. The highest BCUT2D eigenvalue weighted by Gasteiger charge is 2.33. The average molecular weight is 304 g/mol. The Balaban J connectivity index is 1.55. The Morgan fingerprint density at radius 3 is 2.81 bits per heavy atom. The molecule has 2 aromatic rings. The number of nitrogens with zero attached hydrogens (tertiary/aromatic N) is 1. The molecular weight excluding hydrogens is 287 g/mol. The van der Waals surface area contributed by atoms with E-state index in [0.29, 0.717) is 24.8 Å². The van der Waals surface area contributed by atoms with Crippen molar-refractivity contribution in [2.45, 2.75) is 32.2 Å². The van der Waals surface area contributed by atoms with E-state index in [1.165, 1.54) is 12.1 Å². The van der Waals surface area contributed by atoms with Crippen LogP contribution in [0.3, 0.4) is 0 Å². The zero-order valence-electron chi connectivity index (χ0n) is 11.8. The Hall–Kier alpha value is -1.75. The maximum absolute atomic E-state index is 12.9. The van der Waals surface area contributed by atoms with Crippen LogP contribution in [0.25, 0.3) is 0 Å². The van der Waals surface area contributed by atoms with Crippen molar-refractivity contribution in [2.75, 3.05) is 0 Å². The number of thiazole rings is 1. The van der Waals surface area contributed by atoms with Crippen LogP contribution in [0, 0.1) is 11.7 Å². The third kappa shape index (κ3) is 3.88. The second kappa shape index (κ2) is 5.93. The summed E-state index contributed by atoms with van der Waals surface area (Å²) in [6.45, 7) is 2.13. The van der Waals surface area contributed by atoms with Gasteiger partial charge in [-0.3, -0.25) is 4.79 Å². The molecule has 21 heavy (non-hydrogen) atoms. The molecule has 110 valence electrons. The monoisotopic (exact) mass is 304 g/mol. The number of aromatic nitrogens is 1. The molecule has 5 heteroatoms. The predicted molar refractivity (Wildman–Crippen MR) is 80.7 cm³/mol. The van der Waals surface area contributed by atoms with Crippen molar-refractivity contribution >= 4 is 17.2 Å². The number of hydrogen-bond donors (Lipinski definition) is 1. The summed E-state index contributed by atoms with van der Waals surface area (Å²) in [5.74, 6) is 0.422. The lowest BCUT2D eigenvalue weighted by Gasteiger charge is -2.01. The summed E-state index contributed by atoms with van der Waals surface area (Å²) in [6.07, 6.45) is 2.09. The summed E-state index contributed by atoms with van der Waals surface area (Å²) in [6, 6.07) is 6.78. The van der Waals surface area contributed by atoms with Gasteiger partial charge in [-0.2, -0.15) is 0 Å². The van der Waals surface area contributed by atoms with E-state index in [1.54, 1.807) is 23.5 Å². The highest BCUT2D eigenvalue weighted by Crippen LogP contribution is 2.29. The number of halogens is 1. The second-order valence-corrected chi connectivity index (χ2v) is 6.54. The SMILES string of the molecule is CC1CC1NC(=O)Cc1csc(Cc2ccc(F)cc2)n1. The molecule has 0 radical (unpaired) electrons. The standard InChI is InChI=1S/C16H17FN2OS/c1-10-6-14(10)19-15(20)8-13-9-21-16(18-13)7-11-2-4-12(17)5-3-11/h2-5,9-10,14H,6-8H2,1H3,(H,19,20). The first-order chi connectivity index (χ1) is 10.1.